The van der Waals surface area contributed by atoms with E-state index in [0.29, 0.717) is 10.6 Å². The van der Waals surface area contributed by atoms with Crippen LogP contribution in [0.5, 0.6) is 0 Å². The Labute approximate surface area is 102 Å². The van der Waals surface area contributed by atoms with E-state index in [1.807, 2.05) is 13.8 Å². The lowest BCUT2D eigenvalue weighted by atomic mass is 10.3. The van der Waals surface area contributed by atoms with Gasteiger partial charge < -0.3 is 11.1 Å². The van der Waals surface area contributed by atoms with Crippen LogP contribution in [0.1, 0.15) is 13.8 Å². The van der Waals surface area contributed by atoms with Crippen molar-refractivity contribution < 1.29 is 9.00 Å². The molecule has 0 fully saturated rings. The van der Waals surface area contributed by atoms with Gasteiger partial charge in [0.15, 0.2) is 0 Å². The number of amides is 2. The fourth-order valence-electron chi connectivity index (χ4n) is 1.22. The highest BCUT2D eigenvalue weighted by atomic mass is 32.2. The van der Waals surface area contributed by atoms with Gasteiger partial charge in [0.1, 0.15) is 0 Å². The molecule has 17 heavy (non-hydrogen) atoms. The van der Waals surface area contributed by atoms with Crippen LogP contribution in [-0.4, -0.2) is 22.2 Å². The first kappa shape index (κ1) is 13.4. The van der Waals surface area contributed by atoms with Gasteiger partial charge in [0.05, 0.1) is 14.6 Å². The molecule has 1 atom stereocenters. The third-order valence-electron chi connectivity index (χ3n) is 1.92. The van der Waals surface area contributed by atoms with E-state index in [9.17, 15) is 9.00 Å². The number of urea groups is 1. The van der Waals surface area contributed by atoms with Crippen LogP contribution in [-0.2, 0) is 9.71 Å². The fraction of sp³-hybridized carbons (Fsp3) is 0.273. The normalized spacial score (nSPS) is 14.1. The topological polar surface area (TPSA) is 84.2 Å². The summed E-state index contributed by atoms with van der Waals surface area (Å²) in [6, 6.07) is 5.94. The first-order valence-corrected chi connectivity index (χ1v) is 6.85. The van der Waals surface area contributed by atoms with Gasteiger partial charge in [-0.15, -0.1) is 0 Å². The van der Waals surface area contributed by atoms with Crippen LogP contribution in [0.2, 0.25) is 0 Å². The minimum Gasteiger partial charge on any atom is -0.399 e. The minimum absolute atomic E-state index is 0.0361. The van der Waals surface area contributed by atoms with Crippen LogP contribution < -0.4 is 15.8 Å². The van der Waals surface area contributed by atoms with Gasteiger partial charge in [0.2, 0.25) is 0 Å². The smallest absolute Gasteiger partial charge is 0.326 e. The second kappa shape index (κ2) is 5.09. The number of carbonyl (C=O) groups is 1. The van der Waals surface area contributed by atoms with Crippen molar-refractivity contribution in [1.29, 1.82) is 0 Å². The Morgan fingerprint density at radius 2 is 2.12 bits per heavy atom. The van der Waals surface area contributed by atoms with Crippen LogP contribution in [0, 0.1) is 0 Å². The molecule has 1 aromatic carbocycles. The van der Waals surface area contributed by atoms with Crippen molar-refractivity contribution in [3.63, 3.8) is 0 Å². The zero-order valence-corrected chi connectivity index (χ0v) is 10.7. The van der Waals surface area contributed by atoms with Gasteiger partial charge in [-0.2, -0.15) is 0 Å². The maximum absolute atomic E-state index is 12.2. The van der Waals surface area contributed by atoms with Gasteiger partial charge in [-0.05, 0) is 37.9 Å². The standard InChI is InChI=1S/C11H17N3O2S/c1-8(2)13-11(15)14-17(3,16)10-6-4-5-9(12)7-10/h4-8H,3,12H2,1-2H3,(H2,13,14,15,16). The number of hydrogen-bond donors (Lipinski definition) is 3. The summed E-state index contributed by atoms with van der Waals surface area (Å²) in [4.78, 5) is 11.9. The van der Waals surface area contributed by atoms with Crippen molar-refractivity contribution in [3.8, 4) is 0 Å². The van der Waals surface area contributed by atoms with E-state index in [1.165, 1.54) is 6.07 Å². The number of nitrogens with two attached hydrogens (primary N) is 1. The van der Waals surface area contributed by atoms with Crippen LogP contribution in [0.15, 0.2) is 29.2 Å². The molecule has 4 N–H and O–H groups in total. The van der Waals surface area contributed by atoms with Crippen molar-refractivity contribution in [2.24, 2.45) is 0 Å². The number of nitrogens with one attached hydrogen (secondary N) is 2. The molecule has 0 spiro atoms. The summed E-state index contributed by atoms with van der Waals surface area (Å²) in [5.74, 6) is 3.53. The molecule has 0 aliphatic rings. The van der Waals surface area contributed by atoms with E-state index in [4.69, 9.17) is 5.73 Å². The van der Waals surface area contributed by atoms with Crippen molar-refractivity contribution in [1.82, 2.24) is 10.0 Å². The van der Waals surface area contributed by atoms with Crippen LogP contribution in [0.4, 0.5) is 10.5 Å². The zero-order valence-electron chi connectivity index (χ0n) is 9.90. The Morgan fingerprint density at radius 3 is 2.65 bits per heavy atom. The van der Waals surface area contributed by atoms with E-state index < -0.39 is 15.7 Å². The number of carbonyl (C=O) groups excluding carboxylic acids is 1. The molecule has 94 valence electrons. The second-order valence-electron chi connectivity index (χ2n) is 3.98. The van der Waals surface area contributed by atoms with Gasteiger partial charge in [0, 0.05) is 11.7 Å². The predicted molar refractivity (Wildman–Crippen MR) is 71.2 cm³/mol. The maximum Gasteiger partial charge on any atom is 0.326 e. The lowest BCUT2D eigenvalue weighted by Gasteiger charge is -2.14. The van der Waals surface area contributed by atoms with Crippen LogP contribution >= 0.6 is 0 Å². The number of benzene rings is 1. The molecule has 0 aromatic heterocycles. The summed E-state index contributed by atoms with van der Waals surface area (Å²) in [6.45, 7) is 3.62. The first-order chi connectivity index (χ1) is 7.81. The third-order valence-corrected chi connectivity index (χ3v) is 3.45. The molecular formula is C11H17N3O2S. The van der Waals surface area contributed by atoms with Gasteiger partial charge in [-0.3, -0.25) is 4.72 Å². The molecule has 0 heterocycles. The van der Waals surface area contributed by atoms with Gasteiger partial charge in [-0.25, -0.2) is 9.00 Å². The molecule has 1 unspecified atom stereocenters. The number of nitrogen functional groups attached to an aromatic ring is 1. The Hall–Kier alpha value is -1.69. The second-order valence-corrected chi connectivity index (χ2v) is 6.00. The molecule has 6 heteroatoms. The lowest BCUT2D eigenvalue weighted by molar-refractivity contribution is 0.244. The minimum atomic E-state index is -2.87. The molecule has 0 aliphatic heterocycles. The molecule has 5 nitrogen and oxygen atoms in total. The number of rotatable bonds is 3. The first-order valence-electron chi connectivity index (χ1n) is 5.12. The molecular weight excluding hydrogens is 238 g/mol. The van der Waals surface area contributed by atoms with E-state index >= 15 is 0 Å². The average Bonchev–Trinajstić information content (AvgIpc) is 2.15. The largest absolute Gasteiger partial charge is 0.399 e. The summed E-state index contributed by atoms with van der Waals surface area (Å²) in [7, 11) is -2.87. The summed E-state index contributed by atoms with van der Waals surface area (Å²) < 4.78 is 14.5. The lowest BCUT2D eigenvalue weighted by Crippen LogP contribution is -2.42. The molecule has 2 amide bonds. The highest BCUT2D eigenvalue weighted by Gasteiger charge is 2.12. The van der Waals surface area contributed by atoms with Crippen molar-refractivity contribution in [2.45, 2.75) is 24.8 Å². The number of anilines is 1. The van der Waals surface area contributed by atoms with E-state index in [2.05, 4.69) is 15.9 Å². The monoisotopic (exact) mass is 255 g/mol. The van der Waals surface area contributed by atoms with Gasteiger partial charge >= 0.3 is 6.03 Å². The van der Waals surface area contributed by atoms with E-state index in [0.717, 1.165) is 0 Å². The van der Waals surface area contributed by atoms with E-state index in [1.54, 1.807) is 18.2 Å². The third kappa shape index (κ3) is 3.99. The number of hydrogen-bond acceptors (Lipinski definition) is 3. The molecule has 0 aliphatic carbocycles. The highest BCUT2D eigenvalue weighted by molar-refractivity contribution is 7.99. The Kier molecular flexibility index (Phi) is 4.01. The molecule has 0 bridgehead atoms. The van der Waals surface area contributed by atoms with Gasteiger partial charge in [0.25, 0.3) is 0 Å². The van der Waals surface area contributed by atoms with E-state index in [-0.39, 0.29) is 6.04 Å². The Morgan fingerprint density at radius 1 is 1.47 bits per heavy atom. The molecule has 0 radical (unpaired) electrons. The Balaban J connectivity index is 2.86. The summed E-state index contributed by atoms with van der Waals surface area (Å²) >= 11 is 0. The quantitative estimate of drug-likeness (QED) is 0.556. The summed E-state index contributed by atoms with van der Waals surface area (Å²) in [5, 5.41) is 2.58. The molecule has 1 rings (SSSR count). The fourth-order valence-corrected chi connectivity index (χ4v) is 2.32. The van der Waals surface area contributed by atoms with Crippen molar-refractivity contribution in [3.05, 3.63) is 24.3 Å². The molecule has 0 saturated carbocycles. The SMILES string of the molecule is C=S(=O)(NC(=O)NC(C)C)c1cccc(N)c1. The van der Waals surface area contributed by atoms with Crippen LogP contribution in [0.3, 0.4) is 0 Å². The Bertz CT molecular complexity index is 509. The molecule has 1 aromatic rings. The zero-order chi connectivity index (χ0) is 13.1. The average molecular weight is 255 g/mol. The highest BCUT2D eigenvalue weighted by Crippen LogP contribution is 2.12. The van der Waals surface area contributed by atoms with Crippen molar-refractivity contribution in [2.75, 3.05) is 5.73 Å². The maximum atomic E-state index is 12.2. The van der Waals surface area contributed by atoms with Crippen LogP contribution in [0.25, 0.3) is 0 Å². The summed E-state index contributed by atoms with van der Waals surface area (Å²) in [5.41, 5.74) is 6.06. The molecule has 0 saturated heterocycles. The van der Waals surface area contributed by atoms with Gasteiger partial charge in [-0.1, -0.05) is 6.07 Å². The summed E-state index contributed by atoms with van der Waals surface area (Å²) in [6.07, 6.45) is 0. The predicted octanol–water partition coefficient (Wildman–Crippen LogP) is 0.967. The van der Waals surface area contributed by atoms with Crippen molar-refractivity contribution >= 4 is 27.3 Å².